The number of aromatic nitrogens is 2. The Bertz CT molecular complexity index is 431. The van der Waals surface area contributed by atoms with Crippen LogP contribution in [-0.4, -0.2) is 9.97 Å². The lowest BCUT2D eigenvalue weighted by molar-refractivity contribution is 0.578. The van der Waals surface area contributed by atoms with E-state index in [0.29, 0.717) is 5.92 Å². The molecule has 0 amide bonds. The van der Waals surface area contributed by atoms with E-state index in [1.807, 2.05) is 12.3 Å². The van der Waals surface area contributed by atoms with Gasteiger partial charge in [-0.3, -0.25) is 0 Å². The molecule has 0 fully saturated rings. The molecule has 0 bridgehead atoms. The van der Waals surface area contributed by atoms with Crippen LogP contribution >= 0.6 is 11.3 Å². The fourth-order valence-corrected chi connectivity index (χ4v) is 3.01. The molecule has 2 aromatic heterocycles. The van der Waals surface area contributed by atoms with Crippen LogP contribution in [0, 0.1) is 0 Å². The molecule has 0 aliphatic heterocycles. The van der Waals surface area contributed by atoms with E-state index in [2.05, 4.69) is 29.9 Å². The minimum absolute atomic E-state index is 0.575. The normalized spacial score (nSPS) is 13.1. The third-order valence-corrected chi connectivity index (χ3v) is 4.34. The lowest BCUT2D eigenvalue weighted by atomic mass is 10.0. The molecule has 2 nitrogen and oxygen atoms in total. The highest BCUT2D eigenvalue weighted by molar-refractivity contribution is 7.18. The standard InChI is InChI=1S/C14H20N2S/c1-3-4-5-6-8-11(2)14-16-13-12(17-14)9-7-10-15-13/h7,9-11H,3-6,8H2,1-2H3. The Hall–Kier alpha value is -0.960. The summed E-state index contributed by atoms with van der Waals surface area (Å²) in [5, 5.41) is 1.25. The number of thiazole rings is 1. The first-order chi connectivity index (χ1) is 8.31. The summed E-state index contributed by atoms with van der Waals surface area (Å²) in [5.74, 6) is 0.575. The maximum atomic E-state index is 4.62. The summed E-state index contributed by atoms with van der Waals surface area (Å²) in [6.07, 6.45) is 8.40. The van der Waals surface area contributed by atoms with Gasteiger partial charge < -0.3 is 0 Å². The van der Waals surface area contributed by atoms with Crippen LogP contribution in [0.2, 0.25) is 0 Å². The molecule has 0 spiro atoms. The molecule has 0 saturated carbocycles. The molecule has 0 aliphatic carbocycles. The average Bonchev–Trinajstić information content (AvgIpc) is 2.78. The van der Waals surface area contributed by atoms with Crippen LogP contribution in [0.15, 0.2) is 18.3 Å². The number of unbranched alkanes of at least 4 members (excludes halogenated alkanes) is 3. The van der Waals surface area contributed by atoms with Crippen molar-refractivity contribution in [3.05, 3.63) is 23.3 Å². The number of nitrogens with zero attached hydrogens (tertiary/aromatic N) is 2. The van der Waals surface area contributed by atoms with Crippen LogP contribution in [-0.2, 0) is 0 Å². The zero-order valence-electron chi connectivity index (χ0n) is 10.6. The van der Waals surface area contributed by atoms with Gasteiger partial charge in [-0.1, -0.05) is 39.5 Å². The van der Waals surface area contributed by atoms with Crippen molar-refractivity contribution in [1.29, 1.82) is 0 Å². The third kappa shape index (κ3) is 3.25. The van der Waals surface area contributed by atoms with Crippen LogP contribution in [0.1, 0.15) is 56.9 Å². The maximum absolute atomic E-state index is 4.62. The zero-order chi connectivity index (χ0) is 12.1. The van der Waals surface area contributed by atoms with Crippen molar-refractivity contribution in [3.8, 4) is 0 Å². The number of pyridine rings is 1. The highest BCUT2D eigenvalue weighted by Crippen LogP contribution is 2.29. The Kier molecular flexibility index (Phi) is 4.49. The molecule has 0 N–H and O–H groups in total. The maximum Gasteiger partial charge on any atom is 0.170 e. The van der Waals surface area contributed by atoms with E-state index in [9.17, 15) is 0 Å². The minimum atomic E-state index is 0.575. The first-order valence-electron chi connectivity index (χ1n) is 6.52. The molecule has 2 heterocycles. The molecule has 2 rings (SSSR count). The van der Waals surface area contributed by atoms with E-state index in [1.54, 1.807) is 11.3 Å². The van der Waals surface area contributed by atoms with Crippen LogP contribution in [0.25, 0.3) is 10.3 Å². The molecule has 92 valence electrons. The van der Waals surface area contributed by atoms with Gasteiger partial charge in [-0.25, -0.2) is 9.97 Å². The fourth-order valence-electron chi connectivity index (χ4n) is 2.00. The van der Waals surface area contributed by atoms with Gasteiger partial charge in [-0.15, -0.1) is 11.3 Å². The van der Waals surface area contributed by atoms with Crippen molar-refractivity contribution in [1.82, 2.24) is 9.97 Å². The second-order valence-corrected chi connectivity index (χ2v) is 5.69. The molecular formula is C14H20N2S. The van der Waals surface area contributed by atoms with Crippen molar-refractivity contribution in [2.45, 2.75) is 51.9 Å². The fraction of sp³-hybridized carbons (Fsp3) is 0.571. The summed E-state index contributed by atoms with van der Waals surface area (Å²) in [5.41, 5.74) is 0.910. The molecule has 0 radical (unpaired) electrons. The smallest absolute Gasteiger partial charge is 0.170 e. The molecule has 2 aromatic rings. The van der Waals surface area contributed by atoms with Crippen molar-refractivity contribution < 1.29 is 0 Å². The number of fused-ring (bicyclic) bond motifs is 1. The van der Waals surface area contributed by atoms with E-state index in [4.69, 9.17) is 0 Å². The van der Waals surface area contributed by atoms with Gasteiger partial charge in [0, 0.05) is 12.1 Å². The Balaban J connectivity index is 1.96. The third-order valence-electron chi connectivity index (χ3n) is 3.09. The van der Waals surface area contributed by atoms with Crippen molar-refractivity contribution in [3.63, 3.8) is 0 Å². The summed E-state index contributed by atoms with van der Waals surface area (Å²) in [7, 11) is 0. The Morgan fingerprint density at radius 3 is 2.94 bits per heavy atom. The van der Waals surface area contributed by atoms with Gasteiger partial charge in [0.05, 0.1) is 9.71 Å². The van der Waals surface area contributed by atoms with Gasteiger partial charge in [0.1, 0.15) is 0 Å². The second kappa shape index (κ2) is 6.10. The summed E-state index contributed by atoms with van der Waals surface area (Å²) in [6.45, 7) is 4.53. The van der Waals surface area contributed by atoms with E-state index < -0.39 is 0 Å². The van der Waals surface area contributed by atoms with E-state index >= 15 is 0 Å². The van der Waals surface area contributed by atoms with Crippen LogP contribution in [0.5, 0.6) is 0 Å². The lowest BCUT2D eigenvalue weighted by Gasteiger charge is -2.06. The topological polar surface area (TPSA) is 25.8 Å². The molecule has 0 aromatic carbocycles. The molecular weight excluding hydrogens is 228 g/mol. The molecule has 17 heavy (non-hydrogen) atoms. The second-order valence-electron chi connectivity index (χ2n) is 4.63. The van der Waals surface area contributed by atoms with Crippen LogP contribution in [0.3, 0.4) is 0 Å². The van der Waals surface area contributed by atoms with Gasteiger partial charge >= 0.3 is 0 Å². The predicted octanol–water partition coefficient (Wildman–Crippen LogP) is 4.77. The number of hydrogen-bond acceptors (Lipinski definition) is 3. The molecule has 0 aliphatic rings. The van der Waals surface area contributed by atoms with Gasteiger partial charge in [0.25, 0.3) is 0 Å². The Labute approximate surface area is 107 Å². The van der Waals surface area contributed by atoms with E-state index in [0.717, 1.165) is 5.65 Å². The first-order valence-corrected chi connectivity index (χ1v) is 7.34. The lowest BCUT2D eigenvalue weighted by Crippen LogP contribution is -1.92. The Morgan fingerprint density at radius 2 is 2.18 bits per heavy atom. The number of hydrogen-bond donors (Lipinski definition) is 0. The van der Waals surface area contributed by atoms with Crippen molar-refractivity contribution in [2.24, 2.45) is 0 Å². The minimum Gasteiger partial charge on any atom is -0.236 e. The highest BCUT2D eigenvalue weighted by Gasteiger charge is 2.11. The van der Waals surface area contributed by atoms with E-state index in [1.165, 1.54) is 41.8 Å². The van der Waals surface area contributed by atoms with Crippen LogP contribution < -0.4 is 0 Å². The summed E-state index contributed by atoms with van der Waals surface area (Å²) in [4.78, 5) is 8.91. The van der Waals surface area contributed by atoms with Gasteiger partial charge in [0.2, 0.25) is 0 Å². The zero-order valence-corrected chi connectivity index (χ0v) is 11.5. The number of rotatable bonds is 6. The largest absolute Gasteiger partial charge is 0.236 e. The monoisotopic (exact) mass is 248 g/mol. The molecule has 1 unspecified atom stereocenters. The quantitative estimate of drug-likeness (QED) is 0.688. The summed E-state index contributed by atoms with van der Waals surface area (Å²) < 4.78 is 1.21. The molecule has 0 saturated heterocycles. The highest BCUT2D eigenvalue weighted by atomic mass is 32.1. The van der Waals surface area contributed by atoms with Crippen LogP contribution in [0.4, 0.5) is 0 Å². The van der Waals surface area contributed by atoms with E-state index in [-0.39, 0.29) is 0 Å². The molecule has 1 atom stereocenters. The van der Waals surface area contributed by atoms with Gasteiger partial charge in [0.15, 0.2) is 5.65 Å². The average molecular weight is 248 g/mol. The SMILES string of the molecule is CCCCCCC(C)c1nc2ncccc2s1. The van der Waals surface area contributed by atoms with Crippen molar-refractivity contribution in [2.75, 3.05) is 0 Å². The van der Waals surface area contributed by atoms with Crippen molar-refractivity contribution >= 4 is 21.7 Å². The van der Waals surface area contributed by atoms with Gasteiger partial charge in [-0.2, -0.15) is 0 Å². The molecule has 3 heteroatoms. The first kappa shape index (κ1) is 12.5. The predicted molar refractivity (Wildman–Crippen MR) is 74.6 cm³/mol. The van der Waals surface area contributed by atoms with Gasteiger partial charge in [-0.05, 0) is 18.6 Å². The summed E-state index contributed by atoms with van der Waals surface area (Å²) >= 11 is 1.80. The summed E-state index contributed by atoms with van der Waals surface area (Å²) in [6, 6.07) is 4.09. The Morgan fingerprint density at radius 1 is 1.29 bits per heavy atom.